The van der Waals surface area contributed by atoms with E-state index in [1.165, 1.54) is 23.6 Å². The number of amides is 4. The van der Waals surface area contributed by atoms with Gasteiger partial charge < -0.3 is 36.8 Å². The monoisotopic (exact) mass is 595 g/mol. The third-order valence-corrected chi connectivity index (χ3v) is 7.94. The summed E-state index contributed by atoms with van der Waals surface area (Å²) in [5.74, 6) is -2.39. The number of likely N-dealkylation sites (tertiary alicyclic amines) is 2. The zero-order valence-corrected chi connectivity index (χ0v) is 23.6. The van der Waals surface area contributed by atoms with Gasteiger partial charge in [0.2, 0.25) is 23.6 Å². The van der Waals surface area contributed by atoms with Gasteiger partial charge in [-0.25, -0.2) is 0 Å². The van der Waals surface area contributed by atoms with Crippen molar-refractivity contribution in [2.75, 3.05) is 13.1 Å². The van der Waals surface area contributed by atoms with Crippen LogP contribution in [0.4, 0.5) is 0 Å². The normalized spacial score (nSPS) is 24.6. The summed E-state index contributed by atoms with van der Waals surface area (Å²) in [7, 11) is 0. The van der Waals surface area contributed by atoms with Crippen molar-refractivity contribution in [2.24, 2.45) is 11.5 Å². The van der Waals surface area contributed by atoms with Gasteiger partial charge in [0.15, 0.2) is 0 Å². The Morgan fingerprint density at radius 1 is 1.13 bits per heavy atom. The summed E-state index contributed by atoms with van der Waals surface area (Å²) < 4.78 is 0.817. The Morgan fingerprint density at radius 3 is 2.39 bits per heavy atom. The number of nitrogens with two attached hydrogens (primary N) is 2. The molecular formula is C26H38BrN5O6. The van der Waals surface area contributed by atoms with Gasteiger partial charge in [-0.1, -0.05) is 22.0 Å². The van der Waals surface area contributed by atoms with E-state index >= 15 is 0 Å². The lowest BCUT2D eigenvalue weighted by Gasteiger charge is -2.41. The molecule has 2 fully saturated rings. The summed E-state index contributed by atoms with van der Waals surface area (Å²) in [6.07, 6.45) is -0.342. The number of hydrogen-bond acceptors (Lipinski definition) is 7. The van der Waals surface area contributed by atoms with Crippen molar-refractivity contribution in [1.82, 2.24) is 15.1 Å². The molecule has 0 unspecified atom stereocenters. The van der Waals surface area contributed by atoms with E-state index < -0.39 is 53.6 Å². The molecule has 0 radical (unpaired) electrons. The molecule has 1 aromatic rings. The first kappa shape index (κ1) is 30.0. The molecule has 2 aliphatic heterocycles. The van der Waals surface area contributed by atoms with Crippen LogP contribution in [-0.4, -0.2) is 92.6 Å². The van der Waals surface area contributed by atoms with Gasteiger partial charge in [-0.05, 0) is 69.7 Å². The number of aryl methyl sites for hydroxylation is 1. The first-order chi connectivity index (χ1) is 17.8. The van der Waals surface area contributed by atoms with E-state index in [0.29, 0.717) is 32.2 Å². The van der Waals surface area contributed by atoms with Gasteiger partial charge in [0.05, 0.1) is 12.2 Å². The first-order valence-corrected chi connectivity index (χ1v) is 13.7. The number of primary amides is 1. The molecule has 3 rings (SSSR count). The van der Waals surface area contributed by atoms with Crippen molar-refractivity contribution in [1.29, 1.82) is 0 Å². The van der Waals surface area contributed by atoms with Crippen molar-refractivity contribution < 1.29 is 29.4 Å². The molecule has 38 heavy (non-hydrogen) atoms. The van der Waals surface area contributed by atoms with Crippen LogP contribution in [0, 0.1) is 6.92 Å². The largest absolute Gasteiger partial charge is 0.391 e. The van der Waals surface area contributed by atoms with Crippen molar-refractivity contribution in [2.45, 2.75) is 88.7 Å². The van der Waals surface area contributed by atoms with E-state index in [4.69, 9.17) is 11.5 Å². The number of carbonyl (C=O) groups excluding carboxylic acids is 4. The first-order valence-electron chi connectivity index (χ1n) is 12.9. The quantitative estimate of drug-likeness (QED) is 0.260. The van der Waals surface area contributed by atoms with Crippen LogP contribution in [0.3, 0.4) is 0 Å². The smallest absolute Gasteiger partial charge is 0.247 e. The minimum absolute atomic E-state index is 0.157. The topological polar surface area (TPSA) is 179 Å². The number of rotatable bonds is 9. The fourth-order valence-corrected chi connectivity index (χ4v) is 6.18. The third kappa shape index (κ3) is 6.19. The highest BCUT2D eigenvalue weighted by Gasteiger charge is 2.53. The molecular weight excluding hydrogens is 558 g/mol. The van der Waals surface area contributed by atoms with Gasteiger partial charge in [-0.3, -0.25) is 19.2 Å². The van der Waals surface area contributed by atoms with Gasteiger partial charge in [0.25, 0.3) is 0 Å². The summed E-state index contributed by atoms with van der Waals surface area (Å²) in [6.45, 7) is 5.28. The van der Waals surface area contributed by atoms with Crippen LogP contribution in [0.1, 0.15) is 50.7 Å². The van der Waals surface area contributed by atoms with Crippen LogP contribution in [0.25, 0.3) is 0 Å². The van der Waals surface area contributed by atoms with E-state index in [0.717, 1.165) is 15.6 Å². The molecule has 0 aliphatic carbocycles. The molecule has 1 aromatic carbocycles. The fourth-order valence-electron chi connectivity index (χ4n) is 5.52. The standard InChI is InChI=1S/C26H38BrN5O6/c1-14-10-17(12-18(27)11-14)13-26(25(38)30-21(16(3)34)22(29)35)7-5-9-32(26)23(36)19-6-4-8-31(19)24(37)20(28)15(2)33/h10-12,15-16,19-21,33-34H,4-9,13,28H2,1-3H3,(H2,29,35)(H,30,38)/t15-,16-,19+,20+,21+,26+/m1/s1. The Kier molecular flexibility index (Phi) is 9.56. The molecule has 2 saturated heterocycles. The molecule has 0 aromatic heterocycles. The Hall–Kier alpha value is -2.54. The summed E-state index contributed by atoms with van der Waals surface area (Å²) >= 11 is 3.49. The van der Waals surface area contributed by atoms with Crippen molar-refractivity contribution in [3.05, 3.63) is 33.8 Å². The number of carbonyl (C=O) groups is 4. The van der Waals surface area contributed by atoms with Gasteiger partial charge in [0.1, 0.15) is 23.7 Å². The summed E-state index contributed by atoms with van der Waals surface area (Å²) in [6, 6.07) is 2.39. The van der Waals surface area contributed by atoms with Crippen LogP contribution >= 0.6 is 15.9 Å². The Balaban J connectivity index is 2.01. The molecule has 0 spiro atoms. The number of hydrogen-bond donors (Lipinski definition) is 5. The van der Waals surface area contributed by atoms with Gasteiger partial charge in [-0.2, -0.15) is 0 Å². The zero-order chi connectivity index (χ0) is 28.4. The number of halogens is 1. The molecule has 2 aliphatic rings. The Morgan fingerprint density at radius 2 is 1.82 bits per heavy atom. The van der Waals surface area contributed by atoms with Crippen molar-refractivity contribution in [3.8, 4) is 0 Å². The van der Waals surface area contributed by atoms with Gasteiger partial charge in [-0.15, -0.1) is 0 Å². The van der Waals surface area contributed by atoms with E-state index in [-0.39, 0.29) is 18.9 Å². The maximum atomic E-state index is 14.1. The molecule has 4 amide bonds. The number of aliphatic hydroxyl groups excluding tert-OH is 2. The predicted octanol–water partition coefficient (Wildman–Crippen LogP) is -0.289. The van der Waals surface area contributed by atoms with E-state index in [1.807, 2.05) is 25.1 Å². The molecule has 2 heterocycles. The highest BCUT2D eigenvalue weighted by atomic mass is 79.9. The lowest BCUT2D eigenvalue weighted by atomic mass is 9.85. The van der Waals surface area contributed by atoms with Crippen LogP contribution in [0.15, 0.2) is 22.7 Å². The fraction of sp³-hybridized carbons (Fsp3) is 0.615. The highest BCUT2D eigenvalue weighted by Crippen LogP contribution is 2.36. The maximum Gasteiger partial charge on any atom is 0.247 e. The molecule has 11 nitrogen and oxygen atoms in total. The second-order valence-corrected chi connectivity index (χ2v) is 11.4. The molecule has 6 atom stereocenters. The predicted molar refractivity (Wildman–Crippen MR) is 143 cm³/mol. The second-order valence-electron chi connectivity index (χ2n) is 10.5. The summed E-state index contributed by atoms with van der Waals surface area (Å²) in [5.41, 5.74) is 11.7. The number of aliphatic hydroxyl groups is 2. The second kappa shape index (κ2) is 12.1. The van der Waals surface area contributed by atoms with Crippen LogP contribution in [0.2, 0.25) is 0 Å². The molecule has 12 heteroatoms. The van der Waals surface area contributed by atoms with E-state index in [2.05, 4.69) is 21.2 Å². The Bertz CT molecular complexity index is 1060. The lowest BCUT2D eigenvalue weighted by Crippen LogP contribution is -2.65. The van der Waals surface area contributed by atoms with Crippen molar-refractivity contribution >= 4 is 39.6 Å². The lowest BCUT2D eigenvalue weighted by molar-refractivity contribution is -0.152. The minimum atomic E-state index is -1.38. The van der Waals surface area contributed by atoms with Crippen LogP contribution < -0.4 is 16.8 Å². The number of nitrogens with one attached hydrogen (secondary N) is 1. The molecule has 0 saturated carbocycles. The minimum Gasteiger partial charge on any atom is -0.391 e. The van der Waals surface area contributed by atoms with Crippen molar-refractivity contribution in [3.63, 3.8) is 0 Å². The van der Waals surface area contributed by atoms with Crippen LogP contribution in [0.5, 0.6) is 0 Å². The maximum absolute atomic E-state index is 14.1. The SMILES string of the molecule is Cc1cc(Br)cc(C[C@]2(C(=O)N[C@H](C(N)=O)[C@@H](C)O)CCCN2C(=O)[C@@H]2CCCN2C(=O)[C@@H](N)[C@@H](C)O)c1. The molecule has 7 N–H and O–H groups in total. The summed E-state index contributed by atoms with van der Waals surface area (Å²) in [4.78, 5) is 55.9. The summed E-state index contributed by atoms with van der Waals surface area (Å²) in [5, 5.41) is 22.5. The molecule has 210 valence electrons. The number of nitrogens with zero attached hydrogens (tertiary/aromatic N) is 2. The number of benzene rings is 1. The molecule has 0 bridgehead atoms. The van der Waals surface area contributed by atoms with E-state index in [1.54, 1.807) is 0 Å². The van der Waals surface area contributed by atoms with E-state index in [9.17, 15) is 29.4 Å². The van der Waals surface area contributed by atoms with Gasteiger partial charge in [0, 0.05) is 24.0 Å². The third-order valence-electron chi connectivity index (χ3n) is 7.48. The zero-order valence-electron chi connectivity index (χ0n) is 22.0. The Labute approximate surface area is 231 Å². The average molecular weight is 597 g/mol. The average Bonchev–Trinajstić information content (AvgIpc) is 3.48. The van der Waals surface area contributed by atoms with Crippen LogP contribution in [-0.2, 0) is 25.6 Å². The highest BCUT2D eigenvalue weighted by molar-refractivity contribution is 9.10. The van der Waals surface area contributed by atoms with Gasteiger partial charge >= 0.3 is 0 Å².